The van der Waals surface area contributed by atoms with Crippen LogP contribution in [-0.2, 0) is 0 Å². The largest absolute Gasteiger partial charge is 0.497 e. The molecule has 136 valence electrons. The van der Waals surface area contributed by atoms with Crippen LogP contribution in [0.4, 0.5) is 16.2 Å². The second-order valence-electron chi connectivity index (χ2n) is 6.07. The average molecular weight is 356 g/mol. The Bertz CT molecular complexity index is 771. The summed E-state index contributed by atoms with van der Waals surface area (Å²) in [5, 5.41) is 17.1. The Kier molecular flexibility index (Phi) is 5.21. The summed E-state index contributed by atoms with van der Waals surface area (Å²) >= 11 is 0. The molecule has 0 atom stereocenters. The number of carbonyl (C=O) groups is 2. The van der Waals surface area contributed by atoms with Gasteiger partial charge in [0.05, 0.1) is 19.0 Å². The van der Waals surface area contributed by atoms with Gasteiger partial charge in [0, 0.05) is 17.8 Å². The van der Waals surface area contributed by atoms with Crippen molar-refractivity contribution in [2.45, 2.75) is 24.9 Å². The highest BCUT2D eigenvalue weighted by molar-refractivity contribution is 5.92. The summed E-state index contributed by atoms with van der Waals surface area (Å²) in [4.78, 5) is 26.9. The second-order valence-corrected chi connectivity index (χ2v) is 6.07. The Morgan fingerprint density at radius 3 is 2.27 bits per heavy atom. The van der Waals surface area contributed by atoms with Gasteiger partial charge in [-0.15, -0.1) is 0 Å². The van der Waals surface area contributed by atoms with Crippen LogP contribution in [0.2, 0.25) is 0 Å². The molecule has 0 spiro atoms. The van der Waals surface area contributed by atoms with Crippen molar-refractivity contribution >= 4 is 23.4 Å². The summed E-state index contributed by atoms with van der Waals surface area (Å²) in [7, 11) is 1.61. The number of ether oxygens (including phenoxy) is 1. The van der Waals surface area contributed by atoms with E-state index >= 15 is 0 Å². The fourth-order valence-electron chi connectivity index (χ4n) is 2.73. The van der Waals surface area contributed by atoms with E-state index in [1.165, 1.54) is 0 Å². The lowest BCUT2D eigenvalue weighted by Crippen LogP contribution is -2.53. The molecular weight excluding hydrogens is 336 g/mol. The number of anilines is 2. The van der Waals surface area contributed by atoms with Crippen molar-refractivity contribution in [3.63, 3.8) is 0 Å². The Balaban J connectivity index is 1.50. The van der Waals surface area contributed by atoms with Crippen LogP contribution in [0.25, 0.3) is 0 Å². The van der Waals surface area contributed by atoms with Crippen LogP contribution in [0.15, 0.2) is 42.6 Å². The van der Waals surface area contributed by atoms with Crippen LogP contribution in [0, 0.1) is 0 Å². The van der Waals surface area contributed by atoms with Crippen molar-refractivity contribution in [3.05, 3.63) is 48.3 Å². The third-order valence-corrected chi connectivity index (χ3v) is 4.18. The molecule has 8 nitrogen and oxygen atoms in total. The third kappa shape index (κ3) is 4.41. The highest BCUT2D eigenvalue weighted by atomic mass is 16.5. The number of nitrogens with one attached hydrogen (secondary N) is 3. The molecule has 26 heavy (non-hydrogen) atoms. The number of rotatable bonds is 6. The van der Waals surface area contributed by atoms with Crippen molar-refractivity contribution in [3.8, 4) is 5.75 Å². The number of aromatic nitrogens is 1. The SMILES string of the molecule is COc1ccc(Nc2ccc(C(=O)NC3CC(NC(=O)O)C3)nc2)cc1. The summed E-state index contributed by atoms with van der Waals surface area (Å²) < 4.78 is 5.11. The van der Waals surface area contributed by atoms with Gasteiger partial charge in [-0.25, -0.2) is 9.78 Å². The zero-order valence-electron chi connectivity index (χ0n) is 14.2. The number of pyridine rings is 1. The first-order chi connectivity index (χ1) is 12.5. The molecule has 1 heterocycles. The van der Waals surface area contributed by atoms with Gasteiger partial charge in [0.25, 0.3) is 5.91 Å². The van der Waals surface area contributed by atoms with Gasteiger partial charge < -0.3 is 25.8 Å². The molecule has 8 heteroatoms. The second kappa shape index (κ2) is 7.73. The molecule has 1 aromatic carbocycles. The number of carboxylic acid groups (broad SMARTS) is 1. The molecular formula is C18H20N4O4. The molecule has 0 unspecified atom stereocenters. The van der Waals surface area contributed by atoms with Crippen molar-refractivity contribution in [1.29, 1.82) is 0 Å². The summed E-state index contributed by atoms with van der Waals surface area (Å²) in [6.45, 7) is 0. The van der Waals surface area contributed by atoms with Crippen LogP contribution < -0.4 is 20.7 Å². The highest BCUT2D eigenvalue weighted by Crippen LogP contribution is 2.21. The van der Waals surface area contributed by atoms with E-state index in [2.05, 4.69) is 20.9 Å². The smallest absolute Gasteiger partial charge is 0.404 e. The molecule has 1 saturated carbocycles. The van der Waals surface area contributed by atoms with Crippen LogP contribution in [-0.4, -0.2) is 41.3 Å². The lowest BCUT2D eigenvalue weighted by Gasteiger charge is -2.35. The zero-order valence-corrected chi connectivity index (χ0v) is 14.2. The number of hydrogen-bond acceptors (Lipinski definition) is 5. The lowest BCUT2D eigenvalue weighted by atomic mass is 9.87. The van der Waals surface area contributed by atoms with E-state index in [0.29, 0.717) is 18.5 Å². The Morgan fingerprint density at radius 2 is 1.69 bits per heavy atom. The molecule has 2 amide bonds. The minimum atomic E-state index is -1.04. The quantitative estimate of drug-likeness (QED) is 0.632. The first-order valence-corrected chi connectivity index (χ1v) is 8.21. The third-order valence-electron chi connectivity index (χ3n) is 4.18. The molecule has 1 fully saturated rings. The highest BCUT2D eigenvalue weighted by Gasteiger charge is 2.31. The first kappa shape index (κ1) is 17.5. The number of benzene rings is 1. The van der Waals surface area contributed by atoms with Crippen LogP contribution in [0.3, 0.4) is 0 Å². The van der Waals surface area contributed by atoms with E-state index in [0.717, 1.165) is 17.1 Å². The number of amides is 2. The number of nitrogens with zero attached hydrogens (tertiary/aromatic N) is 1. The van der Waals surface area contributed by atoms with Crippen LogP contribution >= 0.6 is 0 Å². The Morgan fingerprint density at radius 1 is 1.04 bits per heavy atom. The minimum absolute atomic E-state index is 0.0294. The lowest BCUT2D eigenvalue weighted by molar-refractivity contribution is 0.0897. The van der Waals surface area contributed by atoms with Gasteiger partial charge in [0.15, 0.2) is 0 Å². The van der Waals surface area contributed by atoms with E-state index in [4.69, 9.17) is 9.84 Å². The fourth-order valence-corrected chi connectivity index (χ4v) is 2.73. The van der Waals surface area contributed by atoms with E-state index in [9.17, 15) is 9.59 Å². The maximum Gasteiger partial charge on any atom is 0.404 e. The topological polar surface area (TPSA) is 113 Å². The summed E-state index contributed by atoms with van der Waals surface area (Å²) in [5.41, 5.74) is 1.97. The average Bonchev–Trinajstić information content (AvgIpc) is 2.60. The van der Waals surface area contributed by atoms with Gasteiger partial charge in [-0.3, -0.25) is 4.79 Å². The van der Waals surface area contributed by atoms with E-state index in [-0.39, 0.29) is 18.0 Å². The molecule has 0 radical (unpaired) electrons. The predicted molar refractivity (Wildman–Crippen MR) is 96.0 cm³/mol. The number of carbonyl (C=O) groups excluding carboxylic acids is 1. The molecule has 1 aliphatic carbocycles. The molecule has 0 bridgehead atoms. The van der Waals surface area contributed by atoms with E-state index < -0.39 is 6.09 Å². The minimum Gasteiger partial charge on any atom is -0.497 e. The van der Waals surface area contributed by atoms with E-state index in [1.807, 2.05) is 24.3 Å². The standard InChI is InChI=1S/C18H20N4O4/c1-26-15-5-2-11(3-6-15)20-12-4-7-16(19-10-12)17(23)21-13-8-14(9-13)22-18(24)25/h2-7,10,13-14,20,22H,8-9H2,1H3,(H,21,23)(H,24,25). The number of methoxy groups -OCH3 is 1. The maximum absolute atomic E-state index is 12.2. The van der Waals surface area contributed by atoms with E-state index in [1.54, 1.807) is 25.4 Å². The van der Waals surface area contributed by atoms with Crippen LogP contribution in [0.1, 0.15) is 23.3 Å². The van der Waals surface area contributed by atoms with Crippen LogP contribution in [0.5, 0.6) is 5.75 Å². The zero-order chi connectivity index (χ0) is 18.5. The van der Waals surface area contributed by atoms with Gasteiger partial charge >= 0.3 is 6.09 Å². The summed E-state index contributed by atoms with van der Waals surface area (Å²) in [5.74, 6) is 0.511. The Labute approximate surface area is 150 Å². The molecule has 4 N–H and O–H groups in total. The van der Waals surface area contributed by atoms with Crippen molar-refractivity contribution in [2.75, 3.05) is 12.4 Å². The van der Waals surface area contributed by atoms with Crippen molar-refractivity contribution in [1.82, 2.24) is 15.6 Å². The van der Waals surface area contributed by atoms with Gasteiger partial charge in [0.2, 0.25) is 0 Å². The predicted octanol–water partition coefficient (Wildman–Crippen LogP) is 2.36. The van der Waals surface area contributed by atoms with Gasteiger partial charge in [0.1, 0.15) is 11.4 Å². The maximum atomic E-state index is 12.2. The van der Waals surface area contributed by atoms with Gasteiger partial charge in [-0.05, 0) is 49.2 Å². The van der Waals surface area contributed by atoms with Gasteiger partial charge in [-0.1, -0.05) is 0 Å². The van der Waals surface area contributed by atoms with Crippen molar-refractivity contribution in [2.24, 2.45) is 0 Å². The summed E-state index contributed by atoms with van der Waals surface area (Å²) in [6.07, 6.45) is 1.74. The fraction of sp³-hybridized carbons (Fsp3) is 0.278. The molecule has 2 aromatic rings. The molecule has 0 saturated heterocycles. The number of hydrogen-bond donors (Lipinski definition) is 4. The molecule has 1 aliphatic rings. The monoisotopic (exact) mass is 356 g/mol. The molecule has 1 aromatic heterocycles. The normalized spacial score (nSPS) is 18.3. The molecule has 0 aliphatic heterocycles. The first-order valence-electron chi connectivity index (χ1n) is 8.21. The van der Waals surface area contributed by atoms with Gasteiger partial charge in [-0.2, -0.15) is 0 Å². The van der Waals surface area contributed by atoms with Crippen molar-refractivity contribution < 1.29 is 19.4 Å². The summed E-state index contributed by atoms with van der Waals surface area (Å²) in [6, 6.07) is 10.8. The molecule has 3 rings (SSSR count). The Hall–Kier alpha value is -3.29.